The molecule has 3 nitrogen and oxygen atoms in total. The lowest BCUT2D eigenvalue weighted by atomic mass is 10.1. The lowest BCUT2D eigenvalue weighted by Gasteiger charge is -2.10. The van der Waals surface area contributed by atoms with E-state index in [1.54, 1.807) is 6.92 Å². The highest BCUT2D eigenvalue weighted by Gasteiger charge is 2.13. The first kappa shape index (κ1) is 13.0. The van der Waals surface area contributed by atoms with Crippen molar-refractivity contribution >= 4 is 17.3 Å². The molecule has 0 bridgehead atoms. The zero-order valence-electron chi connectivity index (χ0n) is 10.2. The maximum Gasteiger partial charge on any atom is 0.256 e. The molecule has 0 aliphatic heterocycles. The van der Waals surface area contributed by atoms with Gasteiger partial charge in [-0.05, 0) is 42.8 Å². The first-order chi connectivity index (χ1) is 8.99. The number of amides is 1. The Hall–Kier alpha value is -2.43. The standard InChI is InChI=1S/C14H12F2N2O/c1-8-7-9(15)5-6-10(8)14(19)18-13-11(16)3-2-4-12(13)17/h2-7H,17H2,1H3,(H,18,19). The largest absolute Gasteiger partial charge is 0.397 e. The maximum absolute atomic E-state index is 13.5. The summed E-state index contributed by atoms with van der Waals surface area (Å²) >= 11 is 0. The third-order valence-corrected chi connectivity index (χ3v) is 2.72. The van der Waals surface area contributed by atoms with Gasteiger partial charge in [-0.1, -0.05) is 6.07 Å². The molecule has 1 amide bonds. The van der Waals surface area contributed by atoms with Crippen molar-refractivity contribution in [2.24, 2.45) is 0 Å². The number of para-hydroxylation sites is 1. The summed E-state index contributed by atoms with van der Waals surface area (Å²) < 4.78 is 26.5. The van der Waals surface area contributed by atoms with E-state index in [4.69, 9.17) is 5.73 Å². The number of halogens is 2. The monoisotopic (exact) mass is 262 g/mol. The minimum Gasteiger partial charge on any atom is -0.397 e. The van der Waals surface area contributed by atoms with E-state index >= 15 is 0 Å². The number of nitrogens with one attached hydrogen (secondary N) is 1. The third kappa shape index (κ3) is 2.70. The minimum atomic E-state index is -0.617. The molecule has 98 valence electrons. The highest BCUT2D eigenvalue weighted by Crippen LogP contribution is 2.23. The van der Waals surface area contributed by atoms with Gasteiger partial charge < -0.3 is 11.1 Å². The molecule has 0 unspecified atom stereocenters. The fraction of sp³-hybridized carbons (Fsp3) is 0.0714. The number of hydrogen-bond donors (Lipinski definition) is 2. The zero-order valence-corrected chi connectivity index (χ0v) is 10.2. The molecule has 0 saturated carbocycles. The molecule has 0 aromatic heterocycles. The van der Waals surface area contributed by atoms with Crippen molar-refractivity contribution in [1.29, 1.82) is 0 Å². The first-order valence-electron chi connectivity index (χ1n) is 5.60. The summed E-state index contributed by atoms with van der Waals surface area (Å²) in [5, 5.41) is 2.39. The Morgan fingerprint density at radius 2 is 1.95 bits per heavy atom. The molecule has 0 atom stereocenters. The van der Waals surface area contributed by atoms with Crippen molar-refractivity contribution in [1.82, 2.24) is 0 Å². The van der Waals surface area contributed by atoms with Gasteiger partial charge in [0.05, 0.1) is 5.69 Å². The molecular weight excluding hydrogens is 250 g/mol. The Kier molecular flexibility index (Phi) is 3.46. The van der Waals surface area contributed by atoms with Gasteiger partial charge in [-0.3, -0.25) is 4.79 Å². The highest BCUT2D eigenvalue weighted by molar-refractivity contribution is 6.06. The zero-order chi connectivity index (χ0) is 14.0. The second-order valence-corrected chi connectivity index (χ2v) is 4.12. The molecule has 5 heteroatoms. The molecule has 0 fully saturated rings. The van der Waals surface area contributed by atoms with Gasteiger partial charge in [-0.2, -0.15) is 0 Å². The number of carbonyl (C=O) groups is 1. The summed E-state index contributed by atoms with van der Waals surface area (Å²) in [5.74, 6) is -1.58. The van der Waals surface area contributed by atoms with Crippen LogP contribution in [0.25, 0.3) is 0 Å². The maximum atomic E-state index is 13.5. The van der Waals surface area contributed by atoms with Crippen LogP contribution in [0.5, 0.6) is 0 Å². The first-order valence-corrected chi connectivity index (χ1v) is 5.60. The summed E-state index contributed by atoms with van der Waals surface area (Å²) in [4.78, 5) is 12.0. The van der Waals surface area contributed by atoms with Crippen molar-refractivity contribution in [3.8, 4) is 0 Å². The summed E-state index contributed by atoms with van der Waals surface area (Å²) in [6, 6.07) is 7.88. The molecule has 0 saturated heterocycles. The Morgan fingerprint density at radius 1 is 1.21 bits per heavy atom. The average Bonchev–Trinajstić information content (AvgIpc) is 2.33. The Morgan fingerprint density at radius 3 is 2.58 bits per heavy atom. The number of benzene rings is 2. The van der Waals surface area contributed by atoms with Crippen LogP contribution >= 0.6 is 0 Å². The lowest BCUT2D eigenvalue weighted by Crippen LogP contribution is -2.15. The molecule has 0 radical (unpaired) electrons. The quantitative estimate of drug-likeness (QED) is 0.817. The van der Waals surface area contributed by atoms with Crippen LogP contribution in [0, 0.1) is 18.6 Å². The summed E-state index contributed by atoms with van der Waals surface area (Å²) in [6.07, 6.45) is 0. The predicted molar refractivity (Wildman–Crippen MR) is 69.9 cm³/mol. The second-order valence-electron chi connectivity index (χ2n) is 4.12. The van der Waals surface area contributed by atoms with Gasteiger partial charge in [-0.25, -0.2) is 8.78 Å². The van der Waals surface area contributed by atoms with Crippen LogP contribution in [0.15, 0.2) is 36.4 Å². The summed E-state index contributed by atoms with van der Waals surface area (Å²) in [6.45, 7) is 1.60. The van der Waals surface area contributed by atoms with E-state index in [1.807, 2.05) is 0 Å². The van der Waals surface area contributed by atoms with Gasteiger partial charge in [0.2, 0.25) is 0 Å². The van der Waals surface area contributed by atoms with Crippen molar-refractivity contribution in [3.63, 3.8) is 0 Å². The number of carbonyl (C=O) groups excluding carboxylic acids is 1. The van der Waals surface area contributed by atoms with Crippen molar-refractivity contribution in [3.05, 3.63) is 59.2 Å². The van der Waals surface area contributed by atoms with Gasteiger partial charge in [0.15, 0.2) is 0 Å². The molecule has 19 heavy (non-hydrogen) atoms. The van der Waals surface area contributed by atoms with Crippen LogP contribution in [0.1, 0.15) is 15.9 Å². The normalized spacial score (nSPS) is 10.3. The fourth-order valence-electron chi connectivity index (χ4n) is 1.74. The van der Waals surface area contributed by atoms with Gasteiger partial charge in [0, 0.05) is 5.56 Å². The van der Waals surface area contributed by atoms with E-state index in [-0.39, 0.29) is 16.9 Å². The molecule has 3 N–H and O–H groups in total. The SMILES string of the molecule is Cc1cc(F)ccc1C(=O)Nc1c(N)cccc1F. The number of nitrogens with two attached hydrogens (primary N) is 1. The number of aryl methyl sites for hydroxylation is 1. The van der Waals surface area contributed by atoms with E-state index in [2.05, 4.69) is 5.32 Å². The van der Waals surface area contributed by atoms with Crippen LogP contribution < -0.4 is 11.1 Å². The van der Waals surface area contributed by atoms with E-state index in [0.717, 1.165) is 0 Å². The molecule has 2 rings (SSSR count). The number of hydrogen-bond acceptors (Lipinski definition) is 2. The number of nitrogen functional groups attached to an aromatic ring is 1. The molecule has 0 aliphatic carbocycles. The van der Waals surface area contributed by atoms with Gasteiger partial charge in [0.25, 0.3) is 5.91 Å². The van der Waals surface area contributed by atoms with E-state index in [0.29, 0.717) is 5.56 Å². The molecule has 0 spiro atoms. The van der Waals surface area contributed by atoms with Crippen molar-refractivity contribution < 1.29 is 13.6 Å². The van der Waals surface area contributed by atoms with Gasteiger partial charge >= 0.3 is 0 Å². The number of rotatable bonds is 2. The Labute approximate surface area is 109 Å². The summed E-state index contributed by atoms with van der Waals surface area (Å²) in [5.41, 5.74) is 6.39. The second kappa shape index (κ2) is 5.06. The van der Waals surface area contributed by atoms with Crippen molar-refractivity contribution in [2.75, 3.05) is 11.1 Å². The lowest BCUT2D eigenvalue weighted by molar-refractivity contribution is 0.102. The molecule has 2 aromatic carbocycles. The average molecular weight is 262 g/mol. The Balaban J connectivity index is 2.31. The molecular formula is C14H12F2N2O. The van der Waals surface area contributed by atoms with Crippen molar-refractivity contribution in [2.45, 2.75) is 6.92 Å². The molecule has 0 aliphatic rings. The van der Waals surface area contributed by atoms with E-state index in [9.17, 15) is 13.6 Å². The highest BCUT2D eigenvalue weighted by atomic mass is 19.1. The minimum absolute atomic E-state index is 0.0729. The number of anilines is 2. The van der Waals surface area contributed by atoms with Crippen LogP contribution in [0.3, 0.4) is 0 Å². The van der Waals surface area contributed by atoms with Gasteiger partial charge in [0.1, 0.15) is 17.3 Å². The topological polar surface area (TPSA) is 55.1 Å². The van der Waals surface area contributed by atoms with Crippen LogP contribution in [-0.2, 0) is 0 Å². The fourth-order valence-corrected chi connectivity index (χ4v) is 1.74. The van der Waals surface area contributed by atoms with Crippen LogP contribution in [-0.4, -0.2) is 5.91 Å². The predicted octanol–water partition coefficient (Wildman–Crippen LogP) is 3.11. The van der Waals surface area contributed by atoms with Gasteiger partial charge in [-0.15, -0.1) is 0 Å². The Bertz CT molecular complexity index is 621. The third-order valence-electron chi connectivity index (χ3n) is 2.72. The van der Waals surface area contributed by atoms with E-state index in [1.165, 1.54) is 36.4 Å². The summed E-state index contributed by atoms with van der Waals surface area (Å²) in [7, 11) is 0. The van der Waals surface area contributed by atoms with Crippen LogP contribution in [0.2, 0.25) is 0 Å². The molecule has 2 aromatic rings. The van der Waals surface area contributed by atoms with E-state index < -0.39 is 17.5 Å². The van der Waals surface area contributed by atoms with Crippen LogP contribution in [0.4, 0.5) is 20.2 Å². The smallest absolute Gasteiger partial charge is 0.256 e. The molecule has 0 heterocycles.